The van der Waals surface area contributed by atoms with Gasteiger partial charge < -0.3 is 5.73 Å². The van der Waals surface area contributed by atoms with Crippen molar-refractivity contribution >= 4 is 5.82 Å². The Labute approximate surface area is 130 Å². The molecule has 0 saturated carbocycles. The Kier molecular flexibility index (Phi) is 3.69. The minimum absolute atomic E-state index is 0.00198. The van der Waals surface area contributed by atoms with Crippen molar-refractivity contribution in [1.29, 1.82) is 5.26 Å². The first-order valence-electron chi connectivity index (χ1n) is 6.66. The first-order chi connectivity index (χ1) is 11.1. The normalized spacial score (nSPS) is 10.3. The second-order valence-corrected chi connectivity index (χ2v) is 4.79. The van der Waals surface area contributed by atoms with Crippen LogP contribution in [0.25, 0.3) is 22.4 Å². The van der Waals surface area contributed by atoms with Crippen molar-refractivity contribution in [1.82, 2.24) is 9.97 Å². The van der Waals surface area contributed by atoms with Gasteiger partial charge in [0.25, 0.3) is 0 Å². The topological polar surface area (TPSA) is 75.6 Å². The lowest BCUT2D eigenvalue weighted by Gasteiger charge is -2.11. The molecule has 23 heavy (non-hydrogen) atoms. The van der Waals surface area contributed by atoms with Crippen molar-refractivity contribution in [2.75, 3.05) is 5.73 Å². The summed E-state index contributed by atoms with van der Waals surface area (Å²) in [5.74, 6) is -1.30. The molecule has 3 aromatic rings. The molecule has 112 valence electrons. The van der Waals surface area contributed by atoms with E-state index < -0.39 is 11.6 Å². The van der Waals surface area contributed by atoms with E-state index >= 15 is 0 Å². The number of halogens is 2. The van der Waals surface area contributed by atoms with Crippen LogP contribution in [0.1, 0.15) is 5.56 Å². The summed E-state index contributed by atoms with van der Waals surface area (Å²) < 4.78 is 27.6. The number of rotatable bonds is 2. The van der Waals surface area contributed by atoms with Crippen molar-refractivity contribution in [3.8, 4) is 28.5 Å². The fourth-order valence-corrected chi connectivity index (χ4v) is 2.26. The van der Waals surface area contributed by atoms with Gasteiger partial charge in [-0.15, -0.1) is 0 Å². The Balaban J connectivity index is 2.29. The minimum Gasteiger partial charge on any atom is -0.383 e. The predicted molar refractivity (Wildman–Crippen MR) is 81.9 cm³/mol. The fourth-order valence-electron chi connectivity index (χ4n) is 2.26. The molecule has 2 aromatic heterocycles. The maximum Gasteiger partial charge on any atom is 0.142 e. The van der Waals surface area contributed by atoms with Crippen molar-refractivity contribution in [2.24, 2.45) is 0 Å². The molecule has 2 N–H and O–H groups in total. The van der Waals surface area contributed by atoms with Gasteiger partial charge in [0.2, 0.25) is 0 Å². The summed E-state index contributed by atoms with van der Waals surface area (Å²) in [5.41, 5.74) is 7.06. The Morgan fingerprint density at radius 2 is 1.91 bits per heavy atom. The Bertz CT molecular complexity index is 918. The molecule has 3 rings (SSSR count). The molecule has 0 saturated heterocycles. The average Bonchev–Trinajstić information content (AvgIpc) is 2.57. The molecule has 0 atom stereocenters. The Morgan fingerprint density at radius 1 is 1.09 bits per heavy atom. The number of nitrogens with zero attached hydrogens (tertiary/aromatic N) is 3. The smallest absolute Gasteiger partial charge is 0.142 e. The van der Waals surface area contributed by atoms with Crippen molar-refractivity contribution in [2.45, 2.75) is 0 Å². The fraction of sp³-hybridized carbons (Fsp3) is 0. The number of pyridine rings is 2. The highest BCUT2D eigenvalue weighted by atomic mass is 19.1. The Morgan fingerprint density at radius 3 is 2.61 bits per heavy atom. The van der Waals surface area contributed by atoms with Gasteiger partial charge in [0.05, 0.1) is 5.69 Å². The molecule has 1 aromatic carbocycles. The van der Waals surface area contributed by atoms with Crippen LogP contribution < -0.4 is 5.73 Å². The third-order valence-corrected chi connectivity index (χ3v) is 3.34. The van der Waals surface area contributed by atoms with Crippen LogP contribution in [0, 0.1) is 23.0 Å². The zero-order chi connectivity index (χ0) is 16.4. The van der Waals surface area contributed by atoms with Gasteiger partial charge in [-0.2, -0.15) is 5.26 Å². The summed E-state index contributed by atoms with van der Waals surface area (Å²) in [6, 6.07) is 9.92. The number of nitriles is 1. The van der Waals surface area contributed by atoms with Gasteiger partial charge in [-0.05, 0) is 36.4 Å². The van der Waals surface area contributed by atoms with Gasteiger partial charge in [-0.3, -0.25) is 4.98 Å². The number of hydrogen-bond donors (Lipinski definition) is 1. The van der Waals surface area contributed by atoms with Crippen LogP contribution in [0.4, 0.5) is 14.6 Å². The van der Waals surface area contributed by atoms with Crippen LogP contribution in [-0.4, -0.2) is 9.97 Å². The summed E-state index contributed by atoms with van der Waals surface area (Å²) in [4.78, 5) is 8.14. The van der Waals surface area contributed by atoms with Crippen LogP contribution >= 0.6 is 0 Å². The van der Waals surface area contributed by atoms with E-state index in [9.17, 15) is 14.0 Å². The lowest BCUT2D eigenvalue weighted by molar-refractivity contribution is 0.603. The summed E-state index contributed by atoms with van der Waals surface area (Å²) in [5, 5.41) is 9.28. The van der Waals surface area contributed by atoms with Gasteiger partial charge in [0, 0.05) is 29.1 Å². The zero-order valence-electron chi connectivity index (χ0n) is 11.8. The SMILES string of the molecule is N#Cc1c(-c2cc(F)ccc2F)cc(-c2cccnc2)nc1N. The van der Waals surface area contributed by atoms with Gasteiger partial charge >= 0.3 is 0 Å². The van der Waals surface area contributed by atoms with E-state index in [0.717, 1.165) is 18.2 Å². The summed E-state index contributed by atoms with van der Waals surface area (Å²) in [7, 11) is 0. The lowest BCUT2D eigenvalue weighted by Crippen LogP contribution is -2.01. The average molecular weight is 308 g/mol. The number of aromatic nitrogens is 2. The van der Waals surface area contributed by atoms with E-state index in [1.807, 2.05) is 6.07 Å². The molecule has 0 aliphatic carbocycles. The highest BCUT2D eigenvalue weighted by Gasteiger charge is 2.16. The van der Waals surface area contributed by atoms with Crippen molar-refractivity contribution < 1.29 is 8.78 Å². The number of nitrogens with two attached hydrogens (primary N) is 1. The molecule has 0 unspecified atom stereocenters. The van der Waals surface area contributed by atoms with E-state index in [1.54, 1.807) is 24.5 Å². The van der Waals surface area contributed by atoms with E-state index in [4.69, 9.17) is 5.73 Å². The van der Waals surface area contributed by atoms with Gasteiger partial charge in [-0.1, -0.05) is 0 Å². The Hall–Kier alpha value is -3.33. The number of hydrogen-bond acceptors (Lipinski definition) is 4. The molecule has 0 radical (unpaired) electrons. The van der Waals surface area contributed by atoms with Crippen LogP contribution in [0.3, 0.4) is 0 Å². The largest absolute Gasteiger partial charge is 0.383 e. The number of benzene rings is 1. The molecule has 0 aliphatic rings. The predicted octanol–water partition coefficient (Wildman–Crippen LogP) is 3.54. The third-order valence-electron chi connectivity index (χ3n) is 3.34. The maximum atomic E-state index is 14.1. The molecule has 0 amide bonds. The van der Waals surface area contributed by atoms with Crippen LogP contribution in [0.15, 0.2) is 48.8 Å². The molecule has 4 nitrogen and oxygen atoms in total. The van der Waals surface area contributed by atoms with Crippen LogP contribution in [0.2, 0.25) is 0 Å². The summed E-state index contributed by atoms with van der Waals surface area (Å²) in [6.45, 7) is 0. The monoisotopic (exact) mass is 308 g/mol. The van der Waals surface area contributed by atoms with Crippen molar-refractivity contribution in [3.05, 3.63) is 66.0 Å². The maximum absolute atomic E-state index is 14.1. The highest BCUT2D eigenvalue weighted by molar-refractivity contribution is 5.80. The van der Waals surface area contributed by atoms with Crippen molar-refractivity contribution in [3.63, 3.8) is 0 Å². The molecule has 0 spiro atoms. The summed E-state index contributed by atoms with van der Waals surface area (Å²) >= 11 is 0. The second kappa shape index (κ2) is 5.81. The van der Waals surface area contributed by atoms with E-state index in [2.05, 4.69) is 9.97 Å². The highest BCUT2D eigenvalue weighted by Crippen LogP contribution is 2.32. The number of anilines is 1. The first kappa shape index (κ1) is 14.6. The van der Waals surface area contributed by atoms with E-state index in [-0.39, 0.29) is 22.5 Å². The zero-order valence-corrected chi connectivity index (χ0v) is 11.8. The number of nitrogen functional groups attached to an aromatic ring is 1. The second-order valence-electron chi connectivity index (χ2n) is 4.79. The molecule has 0 aliphatic heterocycles. The van der Waals surface area contributed by atoms with E-state index in [1.165, 1.54) is 6.07 Å². The molecule has 6 heteroatoms. The first-order valence-corrected chi connectivity index (χ1v) is 6.66. The molecule has 0 fully saturated rings. The quantitative estimate of drug-likeness (QED) is 0.785. The molecule has 0 bridgehead atoms. The molecular weight excluding hydrogens is 298 g/mol. The third kappa shape index (κ3) is 2.72. The molecular formula is C17H10F2N4. The van der Waals surface area contributed by atoms with Gasteiger partial charge in [-0.25, -0.2) is 13.8 Å². The standard InChI is InChI=1S/C17H10F2N4/c18-11-3-4-15(19)13(6-11)12-7-16(10-2-1-5-22-9-10)23-17(21)14(12)8-20/h1-7,9H,(H2,21,23). The van der Waals surface area contributed by atoms with Gasteiger partial charge in [0.15, 0.2) is 0 Å². The minimum atomic E-state index is -0.648. The van der Waals surface area contributed by atoms with Gasteiger partial charge in [0.1, 0.15) is 29.1 Å². The summed E-state index contributed by atoms with van der Waals surface area (Å²) in [6.07, 6.45) is 3.17. The van der Waals surface area contributed by atoms with E-state index in [0.29, 0.717) is 11.3 Å². The van der Waals surface area contributed by atoms with Crippen LogP contribution in [-0.2, 0) is 0 Å². The van der Waals surface area contributed by atoms with Crippen LogP contribution in [0.5, 0.6) is 0 Å². The lowest BCUT2D eigenvalue weighted by atomic mass is 9.98. The molecule has 2 heterocycles.